The molecule has 0 radical (unpaired) electrons. The van der Waals surface area contributed by atoms with Gasteiger partial charge in [0, 0.05) is 36.7 Å². The second kappa shape index (κ2) is 3.92. The van der Waals surface area contributed by atoms with Gasteiger partial charge in [-0.15, -0.1) is 0 Å². The molecule has 5 heteroatoms. The highest BCUT2D eigenvalue weighted by Crippen LogP contribution is 2.27. The van der Waals surface area contributed by atoms with Crippen molar-refractivity contribution in [2.75, 3.05) is 0 Å². The van der Waals surface area contributed by atoms with Gasteiger partial charge in [-0.25, -0.2) is 9.97 Å². The minimum Gasteiger partial charge on any atom is -0.324 e. The summed E-state index contributed by atoms with van der Waals surface area (Å²) in [6, 6.07) is 0.0988. The van der Waals surface area contributed by atoms with Gasteiger partial charge in [0.2, 0.25) is 0 Å². The number of fused-ring (bicyclic) bond motifs is 1. The third kappa shape index (κ3) is 1.82. The largest absolute Gasteiger partial charge is 0.324 e. The summed E-state index contributed by atoms with van der Waals surface area (Å²) < 4.78 is 1.75. The van der Waals surface area contributed by atoms with Crippen molar-refractivity contribution in [1.82, 2.24) is 19.7 Å². The van der Waals surface area contributed by atoms with Crippen molar-refractivity contribution in [1.29, 1.82) is 0 Å². The molecule has 2 aromatic rings. The summed E-state index contributed by atoms with van der Waals surface area (Å²) >= 11 is 0. The van der Waals surface area contributed by atoms with E-state index in [-0.39, 0.29) is 6.04 Å². The molecular formula is C12H15N5. The van der Waals surface area contributed by atoms with E-state index in [0.717, 1.165) is 41.9 Å². The van der Waals surface area contributed by atoms with E-state index >= 15 is 0 Å². The molecule has 2 N–H and O–H groups in total. The van der Waals surface area contributed by atoms with E-state index in [2.05, 4.69) is 15.1 Å². The summed E-state index contributed by atoms with van der Waals surface area (Å²) in [5, 5.41) is 4.13. The zero-order chi connectivity index (χ0) is 11.8. The summed E-state index contributed by atoms with van der Waals surface area (Å²) in [4.78, 5) is 8.98. The normalized spacial score (nSPS) is 19.1. The Morgan fingerprint density at radius 1 is 1.41 bits per heavy atom. The molecule has 1 unspecified atom stereocenters. The minimum absolute atomic E-state index is 0.0988. The molecule has 2 heterocycles. The molecule has 0 spiro atoms. The Balaban J connectivity index is 2.03. The van der Waals surface area contributed by atoms with Gasteiger partial charge in [0.15, 0.2) is 5.82 Å². The number of aryl methyl sites for hydroxylation is 2. The maximum atomic E-state index is 6.04. The predicted molar refractivity (Wildman–Crippen MR) is 64.1 cm³/mol. The summed E-state index contributed by atoms with van der Waals surface area (Å²) in [5.74, 6) is 0.742. The Hall–Kier alpha value is -1.75. The highest BCUT2D eigenvalue weighted by Gasteiger charge is 2.19. The summed E-state index contributed by atoms with van der Waals surface area (Å²) in [5.41, 5.74) is 9.19. The van der Waals surface area contributed by atoms with Gasteiger partial charge >= 0.3 is 0 Å². The molecule has 0 amide bonds. The lowest BCUT2D eigenvalue weighted by molar-refractivity contribution is 0.557. The number of nitrogens with zero attached hydrogens (tertiary/aromatic N) is 4. The number of nitrogens with two attached hydrogens (primary N) is 1. The Morgan fingerprint density at radius 3 is 3.06 bits per heavy atom. The van der Waals surface area contributed by atoms with Gasteiger partial charge in [0.25, 0.3) is 0 Å². The maximum absolute atomic E-state index is 6.04. The number of hydrogen-bond donors (Lipinski definition) is 1. The smallest absolute Gasteiger partial charge is 0.162 e. The van der Waals surface area contributed by atoms with Crippen LogP contribution < -0.4 is 5.73 Å². The van der Waals surface area contributed by atoms with Crippen LogP contribution in [0.2, 0.25) is 0 Å². The Bertz CT molecular complexity index is 546. The molecule has 2 aromatic heterocycles. The summed E-state index contributed by atoms with van der Waals surface area (Å²) in [6.45, 7) is 0. The summed E-state index contributed by atoms with van der Waals surface area (Å²) in [6.07, 6.45) is 8.71. The topological polar surface area (TPSA) is 69.6 Å². The highest BCUT2D eigenvalue weighted by molar-refractivity contribution is 5.52. The van der Waals surface area contributed by atoms with Crippen molar-refractivity contribution in [3.05, 3.63) is 29.8 Å². The molecule has 0 bridgehead atoms. The first kappa shape index (κ1) is 10.4. The molecule has 0 saturated heterocycles. The van der Waals surface area contributed by atoms with E-state index in [0.29, 0.717) is 0 Å². The highest BCUT2D eigenvalue weighted by atomic mass is 15.2. The lowest BCUT2D eigenvalue weighted by Crippen LogP contribution is -2.19. The van der Waals surface area contributed by atoms with Crippen LogP contribution in [0.3, 0.4) is 0 Å². The number of aromatic nitrogens is 4. The van der Waals surface area contributed by atoms with Crippen LogP contribution in [0.25, 0.3) is 11.4 Å². The first-order chi connectivity index (χ1) is 8.24. The average Bonchev–Trinajstić information content (AvgIpc) is 2.76. The van der Waals surface area contributed by atoms with Crippen molar-refractivity contribution in [2.24, 2.45) is 12.8 Å². The van der Waals surface area contributed by atoms with E-state index in [1.807, 2.05) is 19.4 Å². The van der Waals surface area contributed by atoms with Gasteiger partial charge in [-0.1, -0.05) is 0 Å². The molecule has 5 nitrogen and oxygen atoms in total. The SMILES string of the molecule is Cn1cc(-c2ncc3c(n2)CCCC3N)cn1. The fourth-order valence-electron chi connectivity index (χ4n) is 2.26. The van der Waals surface area contributed by atoms with Gasteiger partial charge < -0.3 is 5.73 Å². The van der Waals surface area contributed by atoms with Gasteiger partial charge in [0.05, 0.1) is 11.8 Å². The van der Waals surface area contributed by atoms with Crippen molar-refractivity contribution in [2.45, 2.75) is 25.3 Å². The number of hydrogen-bond acceptors (Lipinski definition) is 4. The molecule has 0 aromatic carbocycles. The van der Waals surface area contributed by atoms with Gasteiger partial charge in [0.1, 0.15) is 0 Å². The molecule has 1 aliphatic carbocycles. The molecular weight excluding hydrogens is 214 g/mol. The van der Waals surface area contributed by atoms with Crippen LogP contribution in [0.15, 0.2) is 18.6 Å². The lowest BCUT2D eigenvalue weighted by Gasteiger charge is -2.20. The molecule has 0 fully saturated rings. The van der Waals surface area contributed by atoms with E-state index in [9.17, 15) is 0 Å². The van der Waals surface area contributed by atoms with E-state index in [1.165, 1.54) is 0 Å². The van der Waals surface area contributed by atoms with Gasteiger partial charge in [-0.2, -0.15) is 5.10 Å². The van der Waals surface area contributed by atoms with E-state index in [4.69, 9.17) is 5.73 Å². The van der Waals surface area contributed by atoms with Crippen LogP contribution in [-0.2, 0) is 13.5 Å². The zero-order valence-corrected chi connectivity index (χ0v) is 9.80. The van der Waals surface area contributed by atoms with Crippen LogP contribution in [0.4, 0.5) is 0 Å². The molecule has 0 saturated carbocycles. The molecule has 1 aliphatic rings. The van der Waals surface area contributed by atoms with Gasteiger partial charge in [-0.05, 0) is 19.3 Å². The molecule has 88 valence electrons. The van der Waals surface area contributed by atoms with Crippen LogP contribution in [-0.4, -0.2) is 19.7 Å². The Kier molecular flexibility index (Phi) is 2.40. The second-order valence-electron chi connectivity index (χ2n) is 4.50. The first-order valence-corrected chi connectivity index (χ1v) is 5.84. The van der Waals surface area contributed by atoms with Crippen molar-refractivity contribution >= 4 is 0 Å². The third-order valence-electron chi connectivity index (χ3n) is 3.19. The fraction of sp³-hybridized carbons (Fsp3) is 0.417. The average molecular weight is 229 g/mol. The molecule has 3 rings (SSSR count). The third-order valence-corrected chi connectivity index (χ3v) is 3.19. The number of rotatable bonds is 1. The summed E-state index contributed by atoms with van der Waals surface area (Å²) in [7, 11) is 1.89. The van der Waals surface area contributed by atoms with Crippen LogP contribution >= 0.6 is 0 Å². The van der Waals surface area contributed by atoms with E-state index < -0.39 is 0 Å². The van der Waals surface area contributed by atoms with Crippen LogP contribution in [0.1, 0.15) is 30.1 Å². The Labute approximate surface area is 99.7 Å². The standard InChI is InChI=1S/C12H15N5/c1-17-7-8(5-15-17)12-14-6-9-10(13)3-2-4-11(9)16-12/h5-7,10H,2-4,13H2,1H3. The molecule has 0 aliphatic heterocycles. The first-order valence-electron chi connectivity index (χ1n) is 5.84. The zero-order valence-electron chi connectivity index (χ0n) is 9.80. The van der Waals surface area contributed by atoms with E-state index in [1.54, 1.807) is 10.9 Å². The van der Waals surface area contributed by atoms with Crippen molar-refractivity contribution < 1.29 is 0 Å². The quantitative estimate of drug-likeness (QED) is 0.798. The van der Waals surface area contributed by atoms with Crippen molar-refractivity contribution in [3.63, 3.8) is 0 Å². The van der Waals surface area contributed by atoms with Crippen molar-refractivity contribution in [3.8, 4) is 11.4 Å². The lowest BCUT2D eigenvalue weighted by atomic mass is 9.93. The maximum Gasteiger partial charge on any atom is 0.162 e. The fourth-order valence-corrected chi connectivity index (χ4v) is 2.26. The predicted octanol–water partition coefficient (Wildman–Crippen LogP) is 1.21. The van der Waals surface area contributed by atoms with Crippen LogP contribution in [0.5, 0.6) is 0 Å². The van der Waals surface area contributed by atoms with Gasteiger partial charge in [-0.3, -0.25) is 4.68 Å². The Morgan fingerprint density at radius 2 is 2.29 bits per heavy atom. The monoisotopic (exact) mass is 229 g/mol. The minimum atomic E-state index is 0.0988. The second-order valence-corrected chi connectivity index (χ2v) is 4.50. The van der Waals surface area contributed by atoms with Crippen LogP contribution in [0, 0.1) is 0 Å². The molecule has 17 heavy (non-hydrogen) atoms. The molecule has 1 atom stereocenters.